The quantitative estimate of drug-likeness (QED) is 0.0786. The zero-order valence-electron chi connectivity index (χ0n) is 35.7. The number of sulfone groups is 1. The second kappa shape index (κ2) is 17.8. The first-order valence-electron chi connectivity index (χ1n) is 21.5. The smallest absolute Gasteiger partial charge is 0.231 e. The van der Waals surface area contributed by atoms with Crippen LogP contribution in [-0.4, -0.2) is 95.6 Å². The minimum absolute atomic E-state index is 0.0544. The van der Waals surface area contributed by atoms with Crippen molar-refractivity contribution in [1.82, 2.24) is 30.8 Å². The Hall–Kier alpha value is -5.00. The predicted octanol–water partition coefficient (Wildman–Crippen LogP) is 5.74. The molecular formula is C45H59N9O6S. The van der Waals surface area contributed by atoms with Crippen LogP contribution >= 0.6 is 0 Å². The monoisotopic (exact) mass is 853 g/mol. The van der Waals surface area contributed by atoms with Crippen molar-refractivity contribution in [3.05, 3.63) is 75.5 Å². The fourth-order valence-electron chi connectivity index (χ4n) is 9.53. The van der Waals surface area contributed by atoms with Crippen molar-refractivity contribution >= 4 is 49.7 Å². The van der Waals surface area contributed by atoms with E-state index in [2.05, 4.69) is 56.4 Å². The average molecular weight is 854 g/mol. The van der Waals surface area contributed by atoms with Gasteiger partial charge in [-0.05, 0) is 145 Å². The molecule has 4 aliphatic heterocycles. The molecule has 326 valence electrons. The van der Waals surface area contributed by atoms with Gasteiger partial charge in [0.2, 0.25) is 5.95 Å². The van der Waals surface area contributed by atoms with E-state index in [9.17, 15) is 18.6 Å². The van der Waals surface area contributed by atoms with Gasteiger partial charge in [0.25, 0.3) is 0 Å². The molecule has 6 heterocycles. The van der Waals surface area contributed by atoms with Crippen LogP contribution in [0.15, 0.2) is 41.3 Å². The van der Waals surface area contributed by atoms with Crippen LogP contribution in [0.3, 0.4) is 0 Å². The van der Waals surface area contributed by atoms with Gasteiger partial charge < -0.3 is 46.7 Å². The van der Waals surface area contributed by atoms with Gasteiger partial charge in [0.15, 0.2) is 15.5 Å². The molecule has 4 aliphatic rings. The molecule has 0 spiro atoms. The molecular weight excluding hydrogens is 795 g/mol. The summed E-state index contributed by atoms with van der Waals surface area (Å²) in [6.07, 6.45) is 5.46. The minimum atomic E-state index is -3.56. The highest BCUT2D eigenvalue weighted by atomic mass is 32.2. The standard InChI is InChI=1S/C30H37N7O4S.C15H22N2O2/c1-16(2)42(39,40)24-8-6-5-7-22(24)32-28-26-18(4)36-37-29(26)35-30(34-28)33-23-13-17(3)25(19-9-11-31-12-10-19)21-14-20(15-38)41-27(21)23;1-9-6-13(16)15-12(7-11(8-18)19-15)14(9)10-2-4-17-5-3-10/h5-8,13,16,19-20,31,38H,9-12,14-15H2,1-4H3,(H3,32,33,34,35,36,37);6,10-11,17-18H,2-5,7-8,16H2,1H3. The first-order chi connectivity index (χ1) is 29.4. The van der Waals surface area contributed by atoms with Crippen LogP contribution in [0, 0.1) is 20.8 Å². The lowest BCUT2D eigenvalue weighted by molar-refractivity contribution is 0.135. The van der Waals surface area contributed by atoms with Crippen LogP contribution in [0.25, 0.3) is 11.0 Å². The summed E-state index contributed by atoms with van der Waals surface area (Å²) in [5, 5.41) is 40.2. The van der Waals surface area contributed by atoms with Crippen molar-refractivity contribution in [3.8, 4) is 11.5 Å². The number of nitrogens with one attached hydrogen (secondary N) is 5. The summed E-state index contributed by atoms with van der Waals surface area (Å²) in [5.41, 5.74) is 16.6. The lowest BCUT2D eigenvalue weighted by Gasteiger charge is -2.27. The first-order valence-corrected chi connectivity index (χ1v) is 23.1. The summed E-state index contributed by atoms with van der Waals surface area (Å²) in [6, 6.07) is 10.9. The maximum absolute atomic E-state index is 13.1. The van der Waals surface area contributed by atoms with Crippen LogP contribution in [-0.2, 0) is 22.7 Å². The number of aromatic amines is 1. The second-order valence-electron chi connectivity index (χ2n) is 17.1. The first kappa shape index (κ1) is 42.7. The lowest BCUT2D eigenvalue weighted by Crippen LogP contribution is -2.27. The number of ether oxygens (including phenoxy) is 2. The van der Waals surface area contributed by atoms with Gasteiger partial charge in [0, 0.05) is 29.7 Å². The van der Waals surface area contributed by atoms with E-state index < -0.39 is 15.1 Å². The number of rotatable bonds is 10. The number of nitrogen functional groups attached to an aromatic ring is 1. The summed E-state index contributed by atoms with van der Waals surface area (Å²) in [6.45, 7) is 13.6. The van der Waals surface area contributed by atoms with Crippen molar-refractivity contribution < 1.29 is 28.1 Å². The van der Waals surface area contributed by atoms with Crippen LogP contribution in [0.5, 0.6) is 11.5 Å². The molecule has 0 aliphatic carbocycles. The second-order valence-corrected chi connectivity index (χ2v) is 19.5. The molecule has 0 bridgehead atoms. The fourth-order valence-corrected chi connectivity index (χ4v) is 10.7. The predicted molar refractivity (Wildman–Crippen MR) is 239 cm³/mol. The van der Waals surface area contributed by atoms with E-state index in [1.165, 1.54) is 35.1 Å². The summed E-state index contributed by atoms with van der Waals surface area (Å²) >= 11 is 0. The number of anilines is 5. The van der Waals surface area contributed by atoms with E-state index in [0.29, 0.717) is 46.5 Å². The topological polar surface area (TPSA) is 222 Å². The number of nitrogens with zero attached hydrogens (tertiary/aromatic N) is 3. The number of benzene rings is 3. The van der Waals surface area contributed by atoms with Gasteiger partial charge in [-0.3, -0.25) is 5.10 Å². The Morgan fingerprint density at radius 3 is 1.98 bits per heavy atom. The third-order valence-electron chi connectivity index (χ3n) is 12.5. The molecule has 2 atom stereocenters. The zero-order valence-corrected chi connectivity index (χ0v) is 36.5. The molecule has 61 heavy (non-hydrogen) atoms. The maximum atomic E-state index is 13.1. The Kier molecular flexibility index (Phi) is 12.4. The summed E-state index contributed by atoms with van der Waals surface area (Å²) < 4.78 is 38.3. The van der Waals surface area contributed by atoms with Crippen LogP contribution in [0.4, 0.5) is 28.8 Å². The van der Waals surface area contributed by atoms with Crippen LogP contribution < -0.4 is 36.5 Å². The molecule has 2 unspecified atom stereocenters. The highest BCUT2D eigenvalue weighted by Gasteiger charge is 2.34. The summed E-state index contributed by atoms with van der Waals surface area (Å²) in [7, 11) is -3.56. The van der Waals surface area contributed by atoms with Gasteiger partial charge in [-0.2, -0.15) is 15.1 Å². The number of piperidine rings is 2. The highest BCUT2D eigenvalue weighted by Crippen LogP contribution is 2.46. The highest BCUT2D eigenvalue weighted by molar-refractivity contribution is 7.92. The molecule has 9 rings (SSSR count). The minimum Gasteiger partial charge on any atom is -0.485 e. The third kappa shape index (κ3) is 8.48. The lowest BCUT2D eigenvalue weighted by atomic mass is 9.83. The molecule has 5 aromatic rings. The van der Waals surface area contributed by atoms with Gasteiger partial charge in [-0.1, -0.05) is 12.1 Å². The molecule has 2 aromatic heterocycles. The van der Waals surface area contributed by atoms with Crippen molar-refractivity contribution in [2.24, 2.45) is 0 Å². The van der Waals surface area contributed by atoms with E-state index in [0.717, 1.165) is 79.4 Å². The van der Waals surface area contributed by atoms with Gasteiger partial charge in [-0.15, -0.1) is 0 Å². The third-order valence-corrected chi connectivity index (χ3v) is 14.7. The number of fused-ring (bicyclic) bond motifs is 3. The zero-order chi connectivity index (χ0) is 43.0. The largest absolute Gasteiger partial charge is 0.485 e. The average Bonchev–Trinajstić information content (AvgIpc) is 3.99. The van der Waals surface area contributed by atoms with E-state index in [4.69, 9.17) is 20.2 Å². The SMILES string of the molecule is Cc1cc(N)c2c(c1C1CCNCC1)CC(CO)O2.Cc1cc(Nc2nc(Nc3ccccc3S(=O)(=O)C(C)C)c3c(C)[nH]nc3n2)c2c(c1C1CCNCC1)CC(CO)O2. The van der Waals surface area contributed by atoms with Crippen LogP contribution in [0.2, 0.25) is 0 Å². The van der Waals surface area contributed by atoms with Gasteiger partial charge >= 0.3 is 0 Å². The van der Waals surface area contributed by atoms with E-state index in [1.54, 1.807) is 38.1 Å². The van der Waals surface area contributed by atoms with Crippen molar-refractivity contribution in [1.29, 1.82) is 0 Å². The fraction of sp³-hybridized carbons (Fsp3) is 0.489. The Labute approximate surface area is 357 Å². The van der Waals surface area contributed by atoms with Crippen molar-refractivity contribution in [2.75, 3.05) is 55.8 Å². The molecule has 0 saturated carbocycles. The molecule has 9 N–H and O–H groups in total. The summed E-state index contributed by atoms with van der Waals surface area (Å²) in [5.74, 6) is 3.28. The molecule has 2 fully saturated rings. The van der Waals surface area contributed by atoms with Crippen LogP contribution in [0.1, 0.15) is 90.4 Å². The number of aromatic nitrogens is 4. The van der Waals surface area contributed by atoms with E-state index >= 15 is 0 Å². The Morgan fingerprint density at radius 2 is 1.38 bits per heavy atom. The number of aliphatic hydroxyl groups is 2. The molecule has 0 amide bonds. The van der Waals surface area contributed by atoms with Crippen molar-refractivity contribution in [3.63, 3.8) is 0 Å². The number of para-hydroxylation sites is 1. The van der Waals surface area contributed by atoms with Gasteiger partial charge in [0.1, 0.15) is 29.5 Å². The number of hydrogen-bond donors (Lipinski definition) is 8. The Bertz CT molecular complexity index is 2510. The van der Waals surface area contributed by atoms with Gasteiger partial charge in [-0.25, -0.2) is 8.42 Å². The van der Waals surface area contributed by atoms with Gasteiger partial charge in [0.05, 0.1) is 45.8 Å². The normalized spacial score (nSPS) is 19.2. The Morgan fingerprint density at radius 1 is 0.803 bits per heavy atom. The van der Waals surface area contributed by atoms with Crippen molar-refractivity contribution in [2.45, 2.75) is 107 Å². The number of H-pyrrole nitrogens is 1. The maximum Gasteiger partial charge on any atom is 0.231 e. The molecule has 15 nitrogen and oxygen atoms in total. The number of aryl methyl sites for hydroxylation is 3. The van der Waals surface area contributed by atoms with E-state index in [-0.39, 0.29) is 36.3 Å². The number of aliphatic hydroxyl groups excluding tert-OH is 2. The molecule has 2 saturated heterocycles. The Balaban J connectivity index is 0.000000225. The number of hydrogen-bond acceptors (Lipinski definition) is 14. The number of nitrogens with two attached hydrogens (primary N) is 1. The molecule has 0 radical (unpaired) electrons. The molecule has 16 heteroatoms. The van der Waals surface area contributed by atoms with E-state index in [1.807, 2.05) is 13.0 Å². The molecule has 3 aromatic carbocycles. The summed E-state index contributed by atoms with van der Waals surface area (Å²) in [4.78, 5) is 9.66.